The Labute approximate surface area is 99.5 Å². The van der Waals surface area contributed by atoms with E-state index in [0.717, 1.165) is 6.54 Å². The van der Waals surface area contributed by atoms with Gasteiger partial charge in [0.25, 0.3) is 0 Å². The summed E-state index contributed by atoms with van der Waals surface area (Å²) in [5, 5.41) is 0. The maximum atomic E-state index is 5.84. The Balaban J connectivity index is 2.86. The molecule has 2 N–H and O–H groups in total. The van der Waals surface area contributed by atoms with Gasteiger partial charge >= 0.3 is 0 Å². The number of hydrogen-bond acceptors (Lipinski definition) is 2. The fourth-order valence-electron chi connectivity index (χ4n) is 2.06. The summed E-state index contributed by atoms with van der Waals surface area (Å²) in [4.78, 5) is 2.31. The first-order valence-corrected chi connectivity index (χ1v) is 5.94. The number of nitrogens with two attached hydrogens (primary N) is 1. The molecule has 2 nitrogen and oxygen atoms in total. The lowest BCUT2D eigenvalue weighted by atomic mass is 9.99. The van der Waals surface area contributed by atoms with E-state index >= 15 is 0 Å². The largest absolute Gasteiger partial charge is 0.327 e. The van der Waals surface area contributed by atoms with E-state index in [1.54, 1.807) is 0 Å². The van der Waals surface area contributed by atoms with Gasteiger partial charge in [0.1, 0.15) is 0 Å². The molecule has 0 aliphatic rings. The van der Waals surface area contributed by atoms with Gasteiger partial charge < -0.3 is 5.73 Å². The van der Waals surface area contributed by atoms with Crippen LogP contribution in [0.4, 0.5) is 0 Å². The fraction of sp³-hybridized carbons (Fsp3) is 0.571. The molecule has 1 aromatic carbocycles. The van der Waals surface area contributed by atoms with Crippen LogP contribution in [0.5, 0.6) is 0 Å². The van der Waals surface area contributed by atoms with Crippen molar-refractivity contribution >= 4 is 0 Å². The van der Waals surface area contributed by atoms with Crippen molar-refractivity contribution in [1.82, 2.24) is 4.90 Å². The molecule has 0 aliphatic carbocycles. The lowest BCUT2D eigenvalue weighted by Crippen LogP contribution is -2.34. The first kappa shape index (κ1) is 13.2. The van der Waals surface area contributed by atoms with Crippen molar-refractivity contribution in [2.75, 3.05) is 13.6 Å². The van der Waals surface area contributed by atoms with Gasteiger partial charge in [-0.05, 0) is 45.9 Å². The molecule has 0 amide bonds. The Morgan fingerprint density at radius 3 is 2.44 bits per heavy atom. The highest BCUT2D eigenvalue weighted by molar-refractivity contribution is 5.32. The van der Waals surface area contributed by atoms with Crippen LogP contribution in [0.1, 0.15) is 36.6 Å². The molecule has 1 rings (SSSR count). The van der Waals surface area contributed by atoms with Crippen LogP contribution < -0.4 is 5.73 Å². The lowest BCUT2D eigenvalue weighted by molar-refractivity contribution is 0.249. The molecule has 0 heterocycles. The van der Waals surface area contributed by atoms with Crippen LogP contribution in [0.3, 0.4) is 0 Å². The third kappa shape index (κ3) is 3.32. The topological polar surface area (TPSA) is 29.3 Å². The maximum Gasteiger partial charge on any atom is 0.0320 e. The SMILES string of the molecule is Cc1ccc(C)c(C(C)N(C)CC(C)N)c1. The summed E-state index contributed by atoms with van der Waals surface area (Å²) in [5.74, 6) is 0. The molecule has 0 fully saturated rings. The molecule has 16 heavy (non-hydrogen) atoms. The van der Waals surface area contributed by atoms with E-state index in [4.69, 9.17) is 5.73 Å². The molecule has 0 spiro atoms. The first-order chi connectivity index (χ1) is 7.41. The zero-order chi connectivity index (χ0) is 12.3. The van der Waals surface area contributed by atoms with Gasteiger partial charge in [0.2, 0.25) is 0 Å². The van der Waals surface area contributed by atoms with Crippen molar-refractivity contribution in [2.24, 2.45) is 5.73 Å². The van der Waals surface area contributed by atoms with E-state index in [-0.39, 0.29) is 6.04 Å². The van der Waals surface area contributed by atoms with Gasteiger partial charge in [-0.3, -0.25) is 4.90 Å². The number of nitrogens with zero attached hydrogens (tertiary/aromatic N) is 1. The van der Waals surface area contributed by atoms with E-state index in [9.17, 15) is 0 Å². The summed E-state index contributed by atoms with van der Waals surface area (Å²) < 4.78 is 0. The highest BCUT2D eigenvalue weighted by atomic mass is 15.1. The Kier molecular flexibility index (Phi) is 4.51. The molecule has 2 atom stereocenters. The molecule has 2 heteroatoms. The van der Waals surface area contributed by atoms with Gasteiger partial charge in [-0.2, -0.15) is 0 Å². The first-order valence-electron chi connectivity index (χ1n) is 5.94. The van der Waals surface area contributed by atoms with Crippen LogP contribution in [0.2, 0.25) is 0 Å². The Morgan fingerprint density at radius 1 is 1.25 bits per heavy atom. The fourth-order valence-corrected chi connectivity index (χ4v) is 2.06. The summed E-state index contributed by atoms with van der Waals surface area (Å²) >= 11 is 0. The summed E-state index contributed by atoms with van der Waals surface area (Å²) in [5.41, 5.74) is 9.92. The summed E-state index contributed by atoms with van der Waals surface area (Å²) in [6, 6.07) is 7.28. The Bertz CT molecular complexity index is 345. The van der Waals surface area contributed by atoms with E-state index in [2.05, 4.69) is 50.9 Å². The minimum absolute atomic E-state index is 0.220. The molecule has 0 radical (unpaired) electrons. The zero-order valence-electron chi connectivity index (χ0n) is 11.1. The predicted molar refractivity (Wildman–Crippen MR) is 70.6 cm³/mol. The maximum absolute atomic E-state index is 5.84. The van der Waals surface area contributed by atoms with Crippen LogP contribution in [-0.2, 0) is 0 Å². The van der Waals surface area contributed by atoms with Crippen LogP contribution in [0.15, 0.2) is 18.2 Å². The Morgan fingerprint density at radius 2 is 1.88 bits per heavy atom. The van der Waals surface area contributed by atoms with Crippen molar-refractivity contribution in [1.29, 1.82) is 0 Å². The van der Waals surface area contributed by atoms with Crippen molar-refractivity contribution in [3.8, 4) is 0 Å². The Hall–Kier alpha value is -0.860. The van der Waals surface area contributed by atoms with E-state index < -0.39 is 0 Å². The van der Waals surface area contributed by atoms with E-state index in [0.29, 0.717) is 6.04 Å². The molecule has 0 aliphatic heterocycles. The summed E-state index contributed by atoms with van der Waals surface area (Å²) in [6.45, 7) is 9.53. The highest BCUT2D eigenvalue weighted by Gasteiger charge is 2.14. The van der Waals surface area contributed by atoms with Gasteiger partial charge in [-0.1, -0.05) is 23.8 Å². The second-order valence-electron chi connectivity index (χ2n) is 4.95. The van der Waals surface area contributed by atoms with Crippen molar-refractivity contribution in [3.63, 3.8) is 0 Å². The molecule has 1 aromatic rings. The number of rotatable bonds is 4. The lowest BCUT2D eigenvalue weighted by Gasteiger charge is -2.28. The molecule has 90 valence electrons. The number of aryl methyl sites for hydroxylation is 2. The average molecular weight is 220 g/mol. The van der Waals surface area contributed by atoms with Crippen LogP contribution >= 0.6 is 0 Å². The van der Waals surface area contributed by atoms with Gasteiger partial charge in [0, 0.05) is 18.6 Å². The summed E-state index contributed by atoms with van der Waals surface area (Å²) in [7, 11) is 2.13. The van der Waals surface area contributed by atoms with Crippen LogP contribution in [0.25, 0.3) is 0 Å². The standard InChI is InChI=1S/C14H24N2/c1-10-6-7-11(2)14(8-10)13(4)16(5)9-12(3)15/h6-8,12-13H,9,15H2,1-5H3. The second kappa shape index (κ2) is 5.46. The van der Waals surface area contributed by atoms with E-state index in [1.165, 1.54) is 16.7 Å². The van der Waals surface area contributed by atoms with Gasteiger partial charge in [0.15, 0.2) is 0 Å². The monoisotopic (exact) mass is 220 g/mol. The predicted octanol–water partition coefficient (Wildman–Crippen LogP) is 2.64. The molecular weight excluding hydrogens is 196 g/mol. The highest BCUT2D eigenvalue weighted by Crippen LogP contribution is 2.23. The smallest absolute Gasteiger partial charge is 0.0320 e. The number of likely N-dealkylation sites (N-methyl/N-ethyl adjacent to an activating group) is 1. The molecule has 0 saturated heterocycles. The molecule has 0 bridgehead atoms. The van der Waals surface area contributed by atoms with Gasteiger partial charge in [-0.25, -0.2) is 0 Å². The molecule has 2 unspecified atom stereocenters. The average Bonchev–Trinajstić information content (AvgIpc) is 2.19. The quantitative estimate of drug-likeness (QED) is 0.845. The molecule has 0 aromatic heterocycles. The zero-order valence-corrected chi connectivity index (χ0v) is 11.1. The minimum atomic E-state index is 0.220. The van der Waals surface area contributed by atoms with Crippen molar-refractivity contribution in [2.45, 2.75) is 39.8 Å². The van der Waals surface area contributed by atoms with Crippen molar-refractivity contribution in [3.05, 3.63) is 34.9 Å². The van der Waals surface area contributed by atoms with Crippen LogP contribution in [-0.4, -0.2) is 24.5 Å². The van der Waals surface area contributed by atoms with E-state index in [1.807, 2.05) is 6.92 Å². The summed E-state index contributed by atoms with van der Waals surface area (Å²) in [6.07, 6.45) is 0. The van der Waals surface area contributed by atoms with Crippen LogP contribution in [0, 0.1) is 13.8 Å². The third-order valence-corrected chi connectivity index (χ3v) is 3.12. The third-order valence-electron chi connectivity index (χ3n) is 3.12. The number of benzene rings is 1. The minimum Gasteiger partial charge on any atom is -0.327 e. The van der Waals surface area contributed by atoms with Gasteiger partial charge in [-0.15, -0.1) is 0 Å². The molecule has 0 saturated carbocycles. The molecular formula is C14H24N2. The normalized spacial score (nSPS) is 15.2. The number of hydrogen-bond donors (Lipinski definition) is 1. The van der Waals surface area contributed by atoms with Crippen molar-refractivity contribution < 1.29 is 0 Å². The van der Waals surface area contributed by atoms with Gasteiger partial charge in [0.05, 0.1) is 0 Å². The second-order valence-corrected chi connectivity index (χ2v) is 4.95.